The van der Waals surface area contributed by atoms with Gasteiger partial charge in [0.25, 0.3) is 5.91 Å². The largest absolute Gasteiger partial charge is 0.356 e. The van der Waals surface area contributed by atoms with E-state index in [-0.39, 0.29) is 5.91 Å². The molecule has 0 aromatic carbocycles. The van der Waals surface area contributed by atoms with Crippen molar-refractivity contribution in [2.75, 3.05) is 45.2 Å². The van der Waals surface area contributed by atoms with Gasteiger partial charge in [0.2, 0.25) is 0 Å². The molecular formula is C13H23N5O. The molecule has 1 heterocycles. The van der Waals surface area contributed by atoms with E-state index in [1.54, 1.807) is 6.20 Å². The van der Waals surface area contributed by atoms with Crippen LogP contribution in [0.5, 0.6) is 0 Å². The highest BCUT2D eigenvalue weighted by molar-refractivity contribution is 5.91. The number of nitrogens with zero attached hydrogens (tertiary/aromatic N) is 4. The number of amides is 1. The van der Waals surface area contributed by atoms with Gasteiger partial charge in [0.15, 0.2) is 0 Å². The van der Waals surface area contributed by atoms with Crippen LogP contribution in [-0.4, -0.2) is 61.0 Å². The van der Waals surface area contributed by atoms with E-state index in [4.69, 9.17) is 0 Å². The summed E-state index contributed by atoms with van der Waals surface area (Å²) in [5.74, 6) is 0.621. The van der Waals surface area contributed by atoms with Gasteiger partial charge in [0.05, 0.1) is 12.4 Å². The number of likely N-dealkylation sites (N-methyl/N-ethyl adjacent to an activating group) is 1. The van der Waals surface area contributed by atoms with Crippen molar-refractivity contribution in [3.8, 4) is 0 Å². The van der Waals surface area contributed by atoms with E-state index in [1.807, 2.05) is 19.0 Å². The number of hydrogen-bond donors (Lipinski definition) is 1. The van der Waals surface area contributed by atoms with Gasteiger partial charge in [-0.15, -0.1) is 0 Å². The standard InChI is InChI=1S/C13H23N5O/c1-5-18(6-2)12-10-15-11(9-16-12)13(19)14-7-8-17(3)4/h9-10H,5-8H2,1-4H3,(H,14,19). The zero-order valence-corrected chi connectivity index (χ0v) is 12.2. The summed E-state index contributed by atoms with van der Waals surface area (Å²) in [6.45, 7) is 7.28. The van der Waals surface area contributed by atoms with Crippen LogP contribution in [0, 0.1) is 0 Å². The lowest BCUT2D eigenvalue weighted by atomic mass is 10.4. The van der Waals surface area contributed by atoms with E-state index in [2.05, 4.69) is 34.0 Å². The first kappa shape index (κ1) is 15.4. The zero-order chi connectivity index (χ0) is 14.3. The molecule has 1 rings (SSSR count). The topological polar surface area (TPSA) is 61.4 Å². The van der Waals surface area contributed by atoms with Gasteiger partial charge in [0, 0.05) is 26.2 Å². The number of anilines is 1. The van der Waals surface area contributed by atoms with Crippen LogP contribution in [0.1, 0.15) is 24.3 Å². The highest BCUT2D eigenvalue weighted by atomic mass is 16.1. The Morgan fingerprint density at radius 3 is 2.37 bits per heavy atom. The number of aromatic nitrogens is 2. The number of nitrogens with one attached hydrogen (secondary N) is 1. The van der Waals surface area contributed by atoms with Crippen molar-refractivity contribution in [3.05, 3.63) is 18.1 Å². The molecule has 0 aliphatic rings. The summed E-state index contributed by atoms with van der Waals surface area (Å²) in [5, 5.41) is 2.81. The predicted octanol–water partition coefficient (Wildman–Crippen LogP) is 0.614. The predicted molar refractivity (Wildman–Crippen MR) is 76.5 cm³/mol. The van der Waals surface area contributed by atoms with E-state index >= 15 is 0 Å². The molecule has 0 unspecified atom stereocenters. The summed E-state index contributed by atoms with van der Waals surface area (Å²) < 4.78 is 0. The van der Waals surface area contributed by atoms with Gasteiger partial charge in [-0.25, -0.2) is 9.97 Å². The van der Waals surface area contributed by atoms with Crippen LogP contribution >= 0.6 is 0 Å². The Morgan fingerprint density at radius 2 is 1.89 bits per heavy atom. The Labute approximate surface area is 114 Å². The van der Waals surface area contributed by atoms with Crippen molar-refractivity contribution < 1.29 is 4.79 Å². The first-order valence-corrected chi connectivity index (χ1v) is 6.58. The van der Waals surface area contributed by atoms with Gasteiger partial charge in [-0.2, -0.15) is 0 Å². The van der Waals surface area contributed by atoms with Crippen molar-refractivity contribution in [2.24, 2.45) is 0 Å². The molecule has 1 amide bonds. The van der Waals surface area contributed by atoms with Crippen molar-refractivity contribution in [1.82, 2.24) is 20.2 Å². The quantitative estimate of drug-likeness (QED) is 0.783. The second-order valence-electron chi connectivity index (χ2n) is 4.49. The average Bonchev–Trinajstić information content (AvgIpc) is 2.40. The van der Waals surface area contributed by atoms with Crippen LogP contribution in [0.2, 0.25) is 0 Å². The number of rotatable bonds is 7. The van der Waals surface area contributed by atoms with Crippen molar-refractivity contribution in [2.45, 2.75) is 13.8 Å². The van der Waals surface area contributed by atoms with Crippen molar-refractivity contribution >= 4 is 11.7 Å². The molecule has 0 saturated heterocycles. The Kier molecular flexibility index (Phi) is 6.21. The van der Waals surface area contributed by atoms with Crippen molar-refractivity contribution in [3.63, 3.8) is 0 Å². The third-order valence-corrected chi connectivity index (χ3v) is 2.80. The summed E-state index contributed by atoms with van der Waals surface area (Å²) in [5.41, 5.74) is 0.356. The van der Waals surface area contributed by atoms with Crippen LogP contribution in [0.15, 0.2) is 12.4 Å². The molecule has 19 heavy (non-hydrogen) atoms. The van der Waals surface area contributed by atoms with Crippen LogP contribution in [0.25, 0.3) is 0 Å². The van der Waals surface area contributed by atoms with Gasteiger partial charge in [-0.3, -0.25) is 4.79 Å². The van der Waals surface area contributed by atoms with Crippen molar-refractivity contribution in [1.29, 1.82) is 0 Å². The summed E-state index contributed by atoms with van der Waals surface area (Å²) in [6, 6.07) is 0. The third-order valence-electron chi connectivity index (χ3n) is 2.80. The van der Waals surface area contributed by atoms with E-state index in [0.29, 0.717) is 12.2 Å². The number of carbonyl (C=O) groups excluding carboxylic acids is 1. The fourth-order valence-electron chi connectivity index (χ4n) is 1.63. The molecule has 0 atom stereocenters. The number of hydrogen-bond acceptors (Lipinski definition) is 5. The first-order chi connectivity index (χ1) is 9.08. The maximum absolute atomic E-state index is 11.8. The normalized spacial score (nSPS) is 10.6. The van der Waals surface area contributed by atoms with E-state index in [9.17, 15) is 4.79 Å². The lowest BCUT2D eigenvalue weighted by Gasteiger charge is -2.19. The lowest BCUT2D eigenvalue weighted by Crippen LogP contribution is -2.32. The monoisotopic (exact) mass is 265 g/mol. The molecule has 0 aliphatic carbocycles. The smallest absolute Gasteiger partial charge is 0.271 e. The minimum absolute atomic E-state index is 0.180. The molecule has 6 heteroatoms. The lowest BCUT2D eigenvalue weighted by molar-refractivity contribution is 0.0945. The molecule has 0 fully saturated rings. The molecular weight excluding hydrogens is 242 g/mol. The van der Waals surface area contributed by atoms with Gasteiger partial charge in [-0.1, -0.05) is 0 Å². The van der Waals surface area contributed by atoms with Gasteiger partial charge >= 0.3 is 0 Å². The number of carbonyl (C=O) groups is 1. The van der Waals surface area contributed by atoms with Crippen LogP contribution in [-0.2, 0) is 0 Å². The second kappa shape index (κ2) is 7.68. The molecule has 1 aromatic rings. The van der Waals surface area contributed by atoms with Crippen LogP contribution in [0.4, 0.5) is 5.82 Å². The minimum Gasteiger partial charge on any atom is -0.356 e. The molecule has 0 spiro atoms. The SMILES string of the molecule is CCN(CC)c1cnc(C(=O)NCCN(C)C)cn1. The van der Waals surface area contributed by atoms with E-state index in [0.717, 1.165) is 25.5 Å². The maximum Gasteiger partial charge on any atom is 0.271 e. The molecule has 6 nitrogen and oxygen atoms in total. The first-order valence-electron chi connectivity index (χ1n) is 6.58. The molecule has 106 valence electrons. The van der Waals surface area contributed by atoms with Gasteiger partial charge < -0.3 is 15.1 Å². The highest BCUT2D eigenvalue weighted by Gasteiger charge is 2.09. The molecule has 0 aliphatic heterocycles. The van der Waals surface area contributed by atoms with E-state index in [1.165, 1.54) is 6.20 Å². The third kappa shape index (κ3) is 4.82. The molecule has 1 aromatic heterocycles. The Bertz CT molecular complexity index is 387. The zero-order valence-electron chi connectivity index (χ0n) is 12.2. The fourth-order valence-corrected chi connectivity index (χ4v) is 1.63. The maximum atomic E-state index is 11.8. The second-order valence-corrected chi connectivity index (χ2v) is 4.49. The molecule has 0 radical (unpaired) electrons. The summed E-state index contributed by atoms with van der Waals surface area (Å²) in [7, 11) is 3.93. The Hall–Kier alpha value is -1.69. The van der Waals surface area contributed by atoms with Crippen LogP contribution in [0.3, 0.4) is 0 Å². The molecule has 1 N–H and O–H groups in total. The van der Waals surface area contributed by atoms with Gasteiger partial charge in [0.1, 0.15) is 11.5 Å². The molecule has 0 bridgehead atoms. The average molecular weight is 265 g/mol. The fraction of sp³-hybridized carbons (Fsp3) is 0.615. The van der Waals surface area contributed by atoms with Gasteiger partial charge in [-0.05, 0) is 27.9 Å². The highest BCUT2D eigenvalue weighted by Crippen LogP contribution is 2.07. The Balaban J connectivity index is 2.58. The summed E-state index contributed by atoms with van der Waals surface area (Å²) >= 11 is 0. The minimum atomic E-state index is -0.180. The van der Waals surface area contributed by atoms with Crippen LogP contribution < -0.4 is 10.2 Å². The van der Waals surface area contributed by atoms with E-state index < -0.39 is 0 Å². The summed E-state index contributed by atoms with van der Waals surface area (Å²) in [6.07, 6.45) is 3.17. The Morgan fingerprint density at radius 1 is 1.21 bits per heavy atom. The summed E-state index contributed by atoms with van der Waals surface area (Å²) in [4.78, 5) is 24.3. The molecule has 0 saturated carbocycles.